The Morgan fingerprint density at radius 2 is 2.00 bits per heavy atom. The van der Waals surface area contributed by atoms with Crippen molar-refractivity contribution >= 4 is 5.91 Å². The highest BCUT2D eigenvalue weighted by molar-refractivity contribution is 5.84. The number of nitrogens with one attached hydrogen (secondary N) is 1. The lowest BCUT2D eigenvalue weighted by atomic mass is 9.88. The van der Waals surface area contributed by atoms with Crippen molar-refractivity contribution in [2.75, 3.05) is 6.61 Å². The van der Waals surface area contributed by atoms with Gasteiger partial charge in [0.2, 0.25) is 5.91 Å². The Morgan fingerprint density at radius 3 is 2.56 bits per heavy atom. The molecule has 0 radical (unpaired) electrons. The van der Waals surface area contributed by atoms with Gasteiger partial charge in [0.05, 0.1) is 12.7 Å². The van der Waals surface area contributed by atoms with E-state index in [1.165, 1.54) is 19.3 Å². The molecule has 0 bridgehead atoms. The van der Waals surface area contributed by atoms with Crippen LogP contribution >= 0.6 is 0 Å². The molecule has 3 unspecified atom stereocenters. The van der Waals surface area contributed by atoms with E-state index in [2.05, 4.69) is 12.2 Å². The first-order valence-electron chi connectivity index (χ1n) is 7.20. The molecule has 2 aliphatic carbocycles. The minimum Gasteiger partial charge on any atom is -0.375 e. The van der Waals surface area contributed by atoms with Crippen LogP contribution in [0.1, 0.15) is 52.4 Å². The van der Waals surface area contributed by atoms with Gasteiger partial charge in [-0.05, 0) is 38.5 Å². The number of carbonyl (C=O) groups is 1. The zero-order valence-electron chi connectivity index (χ0n) is 11.6. The minimum atomic E-state index is -0.710. The average Bonchev–Trinajstić information content (AvgIpc) is 3.11. The van der Waals surface area contributed by atoms with Gasteiger partial charge in [-0.2, -0.15) is 0 Å². The Hall–Kier alpha value is -0.610. The Labute approximate surface area is 110 Å². The Balaban J connectivity index is 1.86. The van der Waals surface area contributed by atoms with Crippen LogP contribution in [0.3, 0.4) is 0 Å². The number of primary amides is 1. The molecule has 3 N–H and O–H groups in total. The first kappa shape index (κ1) is 13.8. The Kier molecular flexibility index (Phi) is 4.28. The third kappa shape index (κ3) is 3.45. The van der Waals surface area contributed by atoms with E-state index in [-0.39, 0.29) is 5.91 Å². The van der Waals surface area contributed by atoms with Crippen molar-refractivity contribution in [3.8, 4) is 0 Å². The summed E-state index contributed by atoms with van der Waals surface area (Å²) in [6.45, 7) is 4.49. The van der Waals surface area contributed by atoms with E-state index in [9.17, 15) is 4.79 Å². The smallest absolute Gasteiger partial charge is 0.239 e. The molecule has 0 aromatic rings. The minimum absolute atomic E-state index is 0.290. The lowest BCUT2D eigenvalue weighted by Gasteiger charge is -2.33. The van der Waals surface area contributed by atoms with Crippen molar-refractivity contribution < 1.29 is 9.53 Å². The predicted octanol–water partition coefficient (Wildman–Crippen LogP) is 1.58. The van der Waals surface area contributed by atoms with Gasteiger partial charge >= 0.3 is 0 Å². The van der Waals surface area contributed by atoms with E-state index in [0.29, 0.717) is 24.7 Å². The molecule has 0 aromatic heterocycles. The number of hydrogen-bond donors (Lipinski definition) is 2. The highest BCUT2D eigenvalue weighted by Gasteiger charge is 2.38. The maximum absolute atomic E-state index is 11.6. The molecular formula is C14H26N2O2. The molecular weight excluding hydrogens is 228 g/mol. The van der Waals surface area contributed by atoms with E-state index in [4.69, 9.17) is 10.5 Å². The van der Waals surface area contributed by atoms with Crippen molar-refractivity contribution in [1.82, 2.24) is 5.32 Å². The molecule has 1 amide bonds. The number of amides is 1. The van der Waals surface area contributed by atoms with Crippen LogP contribution in [0.4, 0.5) is 0 Å². The molecule has 0 heterocycles. The van der Waals surface area contributed by atoms with Crippen LogP contribution in [0.5, 0.6) is 0 Å². The summed E-state index contributed by atoms with van der Waals surface area (Å²) in [5.74, 6) is 0.287. The van der Waals surface area contributed by atoms with Gasteiger partial charge in [0.15, 0.2) is 0 Å². The van der Waals surface area contributed by atoms with E-state index in [1.807, 2.05) is 6.92 Å². The van der Waals surface area contributed by atoms with Crippen molar-refractivity contribution in [3.63, 3.8) is 0 Å². The molecule has 2 fully saturated rings. The lowest BCUT2D eigenvalue weighted by molar-refractivity contribution is -0.128. The van der Waals surface area contributed by atoms with E-state index in [1.54, 1.807) is 0 Å². The summed E-state index contributed by atoms with van der Waals surface area (Å²) in [5.41, 5.74) is 4.81. The zero-order valence-corrected chi connectivity index (χ0v) is 11.6. The fourth-order valence-electron chi connectivity index (χ4n) is 2.67. The standard InChI is InChI=1S/C14H26N2O2/c1-10-5-3-4-6-12(10)18-9-14(2,13(15)17)16-11-7-8-11/h10-12,16H,3-9H2,1-2H3,(H2,15,17). The molecule has 0 aliphatic heterocycles. The van der Waals surface area contributed by atoms with Gasteiger partial charge in [0.25, 0.3) is 0 Å². The molecule has 2 rings (SSSR count). The predicted molar refractivity (Wildman–Crippen MR) is 71.1 cm³/mol. The monoisotopic (exact) mass is 254 g/mol. The van der Waals surface area contributed by atoms with Gasteiger partial charge in [0.1, 0.15) is 5.54 Å². The van der Waals surface area contributed by atoms with E-state index >= 15 is 0 Å². The maximum atomic E-state index is 11.6. The summed E-state index contributed by atoms with van der Waals surface area (Å²) < 4.78 is 5.99. The van der Waals surface area contributed by atoms with Crippen molar-refractivity contribution in [2.45, 2.75) is 70.1 Å². The lowest BCUT2D eigenvalue weighted by Crippen LogP contribution is -2.57. The van der Waals surface area contributed by atoms with Gasteiger partial charge in [-0.1, -0.05) is 19.8 Å². The maximum Gasteiger partial charge on any atom is 0.239 e. The van der Waals surface area contributed by atoms with Crippen LogP contribution in [0, 0.1) is 5.92 Å². The summed E-state index contributed by atoms with van der Waals surface area (Å²) in [4.78, 5) is 11.6. The molecule has 2 aliphatic rings. The molecule has 0 aromatic carbocycles. The van der Waals surface area contributed by atoms with Crippen LogP contribution < -0.4 is 11.1 Å². The number of ether oxygens (including phenoxy) is 1. The van der Waals surface area contributed by atoms with Crippen molar-refractivity contribution in [2.24, 2.45) is 11.7 Å². The first-order valence-corrected chi connectivity index (χ1v) is 7.20. The molecule has 18 heavy (non-hydrogen) atoms. The third-order valence-corrected chi connectivity index (χ3v) is 4.26. The van der Waals surface area contributed by atoms with Gasteiger partial charge < -0.3 is 10.5 Å². The first-order chi connectivity index (χ1) is 8.51. The van der Waals surface area contributed by atoms with Crippen LogP contribution in [0.2, 0.25) is 0 Å². The summed E-state index contributed by atoms with van der Waals surface area (Å²) in [6, 6.07) is 0.454. The normalized spacial score (nSPS) is 31.9. The molecule has 0 spiro atoms. The third-order valence-electron chi connectivity index (χ3n) is 4.26. The fraction of sp³-hybridized carbons (Fsp3) is 0.929. The highest BCUT2D eigenvalue weighted by Crippen LogP contribution is 2.28. The van der Waals surface area contributed by atoms with Crippen LogP contribution in [-0.4, -0.2) is 30.2 Å². The quantitative estimate of drug-likeness (QED) is 0.756. The van der Waals surface area contributed by atoms with E-state index in [0.717, 1.165) is 19.3 Å². The van der Waals surface area contributed by atoms with Gasteiger partial charge in [0, 0.05) is 6.04 Å². The number of hydrogen-bond acceptors (Lipinski definition) is 3. The van der Waals surface area contributed by atoms with Crippen LogP contribution in [0.15, 0.2) is 0 Å². The number of carbonyl (C=O) groups excluding carboxylic acids is 1. The average molecular weight is 254 g/mol. The SMILES string of the molecule is CC1CCCCC1OCC(C)(NC1CC1)C(N)=O. The second kappa shape index (κ2) is 5.57. The summed E-state index contributed by atoms with van der Waals surface area (Å²) in [7, 11) is 0. The molecule has 2 saturated carbocycles. The molecule has 3 atom stereocenters. The summed E-state index contributed by atoms with van der Waals surface area (Å²) >= 11 is 0. The highest BCUT2D eigenvalue weighted by atomic mass is 16.5. The van der Waals surface area contributed by atoms with Crippen molar-refractivity contribution in [1.29, 1.82) is 0 Å². The van der Waals surface area contributed by atoms with Gasteiger partial charge in [-0.15, -0.1) is 0 Å². The van der Waals surface area contributed by atoms with Crippen LogP contribution in [-0.2, 0) is 9.53 Å². The summed E-state index contributed by atoms with van der Waals surface area (Å²) in [5, 5.41) is 3.32. The zero-order chi connectivity index (χ0) is 13.2. The molecule has 104 valence electrons. The molecule has 4 nitrogen and oxygen atoms in total. The Morgan fingerprint density at radius 1 is 1.33 bits per heavy atom. The van der Waals surface area contributed by atoms with Gasteiger partial charge in [-0.3, -0.25) is 10.1 Å². The number of rotatable bonds is 6. The second-order valence-corrected chi connectivity index (χ2v) is 6.23. The van der Waals surface area contributed by atoms with Crippen molar-refractivity contribution in [3.05, 3.63) is 0 Å². The largest absolute Gasteiger partial charge is 0.375 e. The second-order valence-electron chi connectivity index (χ2n) is 6.23. The summed E-state index contributed by atoms with van der Waals surface area (Å²) in [6.07, 6.45) is 7.45. The number of nitrogens with two attached hydrogens (primary N) is 1. The van der Waals surface area contributed by atoms with Crippen LogP contribution in [0.25, 0.3) is 0 Å². The molecule has 4 heteroatoms. The topological polar surface area (TPSA) is 64.3 Å². The molecule has 0 saturated heterocycles. The van der Waals surface area contributed by atoms with E-state index < -0.39 is 5.54 Å². The fourth-order valence-corrected chi connectivity index (χ4v) is 2.67. The Bertz CT molecular complexity index is 304. The van der Waals surface area contributed by atoms with Gasteiger partial charge in [-0.25, -0.2) is 0 Å².